The minimum absolute atomic E-state index is 0.164. The van der Waals surface area contributed by atoms with Gasteiger partial charge in [0.1, 0.15) is 30.3 Å². The molecule has 4 aromatic carbocycles. The van der Waals surface area contributed by atoms with Crippen LogP contribution in [-0.4, -0.2) is 61.9 Å². The first-order valence-electron chi connectivity index (χ1n) is 18.1. The summed E-state index contributed by atoms with van der Waals surface area (Å²) in [5, 5.41) is 2.70. The fraction of sp³-hybridized carbons (Fsp3) is 0.349. The van der Waals surface area contributed by atoms with Gasteiger partial charge in [-0.25, -0.2) is 4.79 Å². The number of β-lactam (4-membered cyclic amide) rings is 1. The van der Waals surface area contributed by atoms with E-state index in [0.717, 1.165) is 22.3 Å². The number of nitrogens with one attached hydrogen (secondary N) is 1. The van der Waals surface area contributed by atoms with Crippen LogP contribution < -0.4 is 5.32 Å². The summed E-state index contributed by atoms with van der Waals surface area (Å²) in [4.78, 5) is 25.2. The Bertz CT molecular complexity index is 1740. The lowest BCUT2D eigenvalue weighted by Gasteiger charge is -2.47. The Kier molecular flexibility index (Phi) is 13.9. The highest BCUT2D eigenvalue weighted by molar-refractivity contribution is 5.95. The van der Waals surface area contributed by atoms with Gasteiger partial charge in [-0.3, -0.25) is 4.79 Å². The molecule has 0 radical (unpaired) electrons. The second kappa shape index (κ2) is 19.4. The second-order valence-electron chi connectivity index (χ2n) is 13.0. The molecule has 1 N–H and O–H groups in total. The van der Waals surface area contributed by atoms with Gasteiger partial charge in [-0.1, -0.05) is 121 Å². The van der Waals surface area contributed by atoms with Gasteiger partial charge in [0.15, 0.2) is 6.29 Å². The molecule has 4 aromatic rings. The summed E-state index contributed by atoms with van der Waals surface area (Å²) in [5.41, 5.74) is 4.36. The van der Waals surface area contributed by atoms with E-state index in [1.165, 1.54) is 6.08 Å². The maximum absolute atomic E-state index is 12.9. The SMILES string of the molecule is CCOC(=O)/C=C1\NC(=O)[C@@H]1[C@@H](C)O[C@@H]1O[C@H](COCc2ccccc2)[C@H](OCc2ccccc2)[C@H](OCc2ccccc2)[C@H]1OCc1ccccc1. The Morgan fingerprint density at radius 2 is 1.17 bits per heavy atom. The van der Waals surface area contributed by atoms with Crippen LogP contribution in [-0.2, 0) is 69.2 Å². The highest BCUT2D eigenvalue weighted by Crippen LogP contribution is 2.34. The molecule has 0 bridgehead atoms. The molecule has 0 unspecified atom stereocenters. The molecule has 2 aliphatic rings. The average Bonchev–Trinajstić information content (AvgIpc) is 3.17. The second-order valence-corrected chi connectivity index (χ2v) is 13.0. The molecule has 0 spiro atoms. The first-order valence-corrected chi connectivity index (χ1v) is 18.1. The minimum atomic E-state index is -1.01. The number of esters is 1. The molecule has 2 heterocycles. The maximum Gasteiger partial charge on any atom is 0.332 e. The molecule has 7 atom stereocenters. The van der Waals surface area contributed by atoms with Gasteiger partial charge in [0.25, 0.3) is 0 Å². The third kappa shape index (κ3) is 10.7. The smallest absolute Gasteiger partial charge is 0.332 e. The topological polar surface area (TPSA) is 111 Å². The quantitative estimate of drug-likeness (QED) is 0.0721. The molecule has 1 amide bonds. The van der Waals surface area contributed by atoms with E-state index in [9.17, 15) is 9.59 Å². The molecule has 10 nitrogen and oxygen atoms in total. The number of ether oxygens (including phenoxy) is 7. The molecular weight excluding hydrogens is 674 g/mol. The predicted molar refractivity (Wildman–Crippen MR) is 197 cm³/mol. The van der Waals surface area contributed by atoms with Crippen LogP contribution in [0, 0.1) is 5.92 Å². The fourth-order valence-electron chi connectivity index (χ4n) is 6.41. The summed E-state index contributed by atoms with van der Waals surface area (Å²) < 4.78 is 44.9. The van der Waals surface area contributed by atoms with Crippen molar-refractivity contribution < 1.29 is 42.7 Å². The summed E-state index contributed by atoms with van der Waals surface area (Å²) in [6.07, 6.45) is -3.20. The molecule has 53 heavy (non-hydrogen) atoms. The van der Waals surface area contributed by atoms with Crippen LogP contribution in [0.2, 0.25) is 0 Å². The summed E-state index contributed by atoms with van der Waals surface area (Å²) in [6, 6.07) is 39.5. The van der Waals surface area contributed by atoms with E-state index >= 15 is 0 Å². The van der Waals surface area contributed by atoms with Crippen LogP contribution in [0.25, 0.3) is 0 Å². The van der Waals surface area contributed by atoms with Crippen molar-refractivity contribution in [3.63, 3.8) is 0 Å². The van der Waals surface area contributed by atoms with Crippen LogP contribution in [0.4, 0.5) is 0 Å². The first-order chi connectivity index (χ1) is 26.0. The molecule has 0 aliphatic carbocycles. The summed E-state index contributed by atoms with van der Waals surface area (Å²) >= 11 is 0. The monoisotopic (exact) mass is 721 g/mol. The van der Waals surface area contributed by atoms with Crippen LogP contribution in [0.1, 0.15) is 36.1 Å². The van der Waals surface area contributed by atoms with Gasteiger partial charge >= 0.3 is 5.97 Å². The fourth-order valence-corrected chi connectivity index (χ4v) is 6.41. The van der Waals surface area contributed by atoms with Crippen molar-refractivity contribution in [3.8, 4) is 0 Å². The molecule has 2 aliphatic heterocycles. The van der Waals surface area contributed by atoms with Crippen molar-refractivity contribution in [2.75, 3.05) is 13.2 Å². The van der Waals surface area contributed by atoms with Crippen LogP contribution >= 0.6 is 0 Å². The lowest BCUT2D eigenvalue weighted by atomic mass is 9.90. The van der Waals surface area contributed by atoms with Crippen LogP contribution in [0.15, 0.2) is 133 Å². The lowest BCUT2D eigenvalue weighted by Crippen LogP contribution is -2.63. The summed E-state index contributed by atoms with van der Waals surface area (Å²) in [7, 11) is 0. The zero-order valence-corrected chi connectivity index (χ0v) is 30.1. The van der Waals surface area contributed by atoms with E-state index in [1.807, 2.05) is 121 Å². The largest absolute Gasteiger partial charge is 0.463 e. The number of rotatable bonds is 18. The Hall–Kier alpha value is -4.68. The predicted octanol–water partition coefficient (Wildman–Crippen LogP) is 6.28. The molecule has 278 valence electrons. The van der Waals surface area contributed by atoms with Crippen molar-refractivity contribution >= 4 is 11.9 Å². The van der Waals surface area contributed by atoms with E-state index in [2.05, 4.69) is 5.32 Å². The average molecular weight is 722 g/mol. The van der Waals surface area contributed by atoms with Gasteiger partial charge in [-0.05, 0) is 36.1 Å². The van der Waals surface area contributed by atoms with Gasteiger partial charge in [-0.2, -0.15) is 0 Å². The lowest BCUT2D eigenvalue weighted by molar-refractivity contribution is -0.337. The van der Waals surface area contributed by atoms with Crippen molar-refractivity contribution in [3.05, 3.63) is 155 Å². The Morgan fingerprint density at radius 1 is 0.698 bits per heavy atom. The number of benzene rings is 4. The van der Waals surface area contributed by atoms with E-state index in [0.29, 0.717) is 18.9 Å². The van der Waals surface area contributed by atoms with E-state index in [4.69, 9.17) is 33.2 Å². The Labute approximate surface area is 311 Å². The normalized spacial score (nSPS) is 23.9. The molecule has 2 fully saturated rings. The number of carbonyl (C=O) groups is 2. The molecular formula is C43H47NO9. The first kappa shape index (κ1) is 38.1. The number of hydrogen-bond acceptors (Lipinski definition) is 9. The zero-order chi connectivity index (χ0) is 36.8. The molecule has 6 rings (SSSR count). The zero-order valence-electron chi connectivity index (χ0n) is 30.1. The summed E-state index contributed by atoms with van der Waals surface area (Å²) in [6.45, 7) is 5.06. The molecule has 0 saturated carbocycles. The van der Waals surface area contributed by atoms with Crippen molar-refractivity contribution in [1.29, 1.82) is 0 Å². The van der Waals surface area contributed by atoms with Gasteiger partial charge in [0.05, 0.1) is 45.7 Å². The van der Waals surface area contributed by atoms with Crippen molar-refractivity contribution in [2.45, 2.75) is 77.1 Å². The van der Waals surface area contributed by atoms with Crippen LogP contribution in [0.3, 0.4) is 0 Å². The Morgan fingerprint density at radius 3 is 1.66 bits per heavy atom. The highest BCUT2D eigenvalue weighted by Gasteiger charge is 2.51. The number of hydrogen-bond donors (Lipinski definition) is 1. The van der Waals surface area contributed by atoms with Gasteiger partial charge < -0.3 is 38.5 Å². The van der Waals surface area contributed by atoms with E-state index in [1.54, 1.807) is 13.8 Å². The summed E-state index contributed by atoms with van der Waals surface area (Å²) in [5.74, 6) is -1.54. The third-order valence-corrected chi connectivity index (χ3v) is 9.10. The Balaban J connectivity index is 1.32. The minimum Gasteiger partial charge on any atom is -0.463 e. The van der Waals surface area contributed by atoms with Gasteiger partial charge in [0.2, 0.25) is 5.91 Å². The van der Waals surface area contributed by atoms with E-state index < -0.39 is 48.7 Å². The molecule has 10 heteroatoms. The van der Waals surface area contributed by atoms with Gasteiger partial charge in [0, 0.05) is 11.8 Å². The molecule has 2 saturated heterocycles. The number of amides is 1. The van der Waals surface area contributed by atoms with Gasteiger partial charge in [-0.15, -0.1) is 0 Å². The third-order valence-electron chi connectivity index (χ3n) is 9.10. The number of carbonyl (C=O) groups excluding carboxylic acids is 2. The molecule has 0 aromatic heterocycles. The highest BCUT2D eigenvalue weighted by atomic mass is 16.7. The van der Waals surface area contributed by atoms with Crippen LogP contribution in [0.5, 0.6) is 0 Å². The standard InChI is InChI=1S/C43H47NO9/c1-3-48-37(45)24-35-38(42(46)44-35)30(2)52-43-41(51-28-34-22-14-7-15-23-34)40(50-27-33-20-12-6-13-21-33)39(49-26-32-18-10-5-11-19-32)36(53-43)29-47-25-31-16-8-4-9-17-31/h4-24,30,36,38-41,43H,3,25-29H2,1-2H3,(H,44,46)/b35-24-/t30-,36-,38-,39+,40+,41-,43-/m1/s1. The van der Waals surface area contributed by atoms with Crippen molar-refractivity contribution in [1.82, 2.24) is 5.32 Å². The van der Waals surface area contributed by atoms with Crippen molar-refractivity contribution in [2.24, 2.45) is 5.92 Å². The maximum atomic E-state index is 12.9. The van der Waals surface area contributed by atoms with E-state index in [-0.39, 0.29) is 32.3 Å².